The number of hydrogen-bond donors (Lipinski definition) is 2. The van der Waals surface area contributed by atoms with Crippen LogP contribution in [0.25, 0.3) is 11.0 Å². The number of fused-ring (bicyclic) bond motifs is 1. The van der Waals surface area contributed by atoms with Crippen molar-refractivity contribution in [1.82, 2.24) is 19.9 Å². The Kier molecular flexibility index (Phi) is 8.40. The van der Waals surface area contributed by atoms with Crippen molar-refractivity contribution >= 4 is 38.6 Å². The molecule has 1 aromatic carbocycles. The minimum absolute atomic E-state index is 0.0243. The summed E-state index contributed by atoms with van der Waals surface area (Å²) in [5.41, 5.74) is -0.0295. The van der Waals surface area contributed by atoms with Crippen molar-refractivity contribution in [3.05, 3.63) is 60.0 Å². The maximum Gasteiger partial charge on any atom is 0.287 e. The van der Waals surface area contributed by atoms with Crippen LogP contribution in [-0.2, 0) is 19.6 Å². The molecular formula is C26H28F2N4O6S. The van der Waals surface area contributed by atoms with Crippen molar-refractivity contribution in [3.63, 3.8) is 0 Å². The molecule has 2 atom stereocenters. The summed E-state index contributed by atoms with van der Waals surface area (Å²) in [6, 6.07) is 5.42. The van der Waals surface area contributed by atoms with E-state index in [1.165, 1.54) is 24.4 Å². The van der Waals surface area contributed by atoms with Crippen LogP contribution >= 0.6 is 0 Å². The lowest BCUT2D eigenvalue weighted by molar-refractivity contribution is -0.129. The summed E-state index contributed by atoms with van der Waals surface area (Å²) in [5.74, 6) is -4.36. The number of rotatable bonds is 8. The van der Waals surface area contributed by atoms with Gasteiger partial charge < -0.3 is 15.1 Å². The summed E-state index contributed by atoms with van der Waals surface area (Å²) < 4.78 is 59.3. The van der Waals surface area contributed by atoms with Crippen LogP contribution in [0.3, 0.4) is 0 Å². The molecule has 4 rings (SSSR count). The molecule has 0 radical (unpaired) electrons. The third kappa shape index (κ3) is 6.48. The standard InChI is InChI=1S/C26H28F2N4O6S/c1-15(2)10-20(31-26(35)23-12-16-11-17(27)18(28)13-22(16)38-23)25(34)30-19-6-5-9-32(14-21(19)33)39(36,37)24-7-3-4-8-29-24/h3-4,7-8,11-13,15,19-20H,5-6,9-10,14H2,1-2H3,(H,30,34)(H,31,35). The fourth-order valence-corrected chi connectivity index (χ4v) is 5.71. The molecule has 0 bridgehead atoms. The van der Waals surface area contributed by atoms with E-state index in [2.05, 4.69) is 15.6 Å². The quantitative estimate of drug-likeness (QED) is 0.431. The predicted octanol–water partition coefficient (Wildman–Crippen LogP) is 2.79. The van der Waals surface area contributed by atoms with Gasteiger partial charge in [-0.1, -0.05) is 19.9 Å². The Morgan fingerprint density at radius 3 is 2.62 bits per heavy atom. The van der Waals surface area contributed by atoms with Crippen LogP contribution in [0.2, 0.25) is 0 Å². The van der Waals surface area contributed by atoms with Crippen molar-refractivity contribution in [2.24, 2.45) is 5.92 Å². The SMILES string of the molecule is CC(C)CC(NC(=O)c1cc2cc(F)c(F)cc2o1)C(=O)NC1CCCN(S(=O)(=O)c2ccccn2)CC1=O. The van der Waals surface area contributed by atoms with E-state index < -0.39 is 57.9 Å². The number of pyridine rings is 1. The number of Topliss-reactive ketones (excluding diaryl/α,β-unsaturated/α-hetero) is 1. The van der Waals surface area contributed by atoms with Gasteiger partial charge in [0.2, 0.25) is 5.91 Å². The average molecular weight is 563 g/mol. The van der Waals surface area contributed by atoms with Crippen LogP contribution in [0.4, 0.5) is 8.78 Å². The normalized spacial score (nSPS) is 17.7. The van der Waals surface area contributed by atoms with E-state index in [9.17, 15) is 31.6 Å². The van der Waals surface area contributed by atoms with Crippen LogP contribution in [-0.4, -0.2) is 60.5 Å². The number of amides is 2. The van der Waals surface area contributed by atoms with Crippen molar-refractivity contribution in [3.8, 4) is 0 Å². The molecule has 1 aliphatic heterocycles. The molecule has 0 saturated carbocycles. The number of hydrogen-bond acceptors (Lipinski definition) is 7. The van der Waals surface area contributed by atoms with Gasteiger partial charge in [0.25, 0.3) is 15.9 Å². The predicted molar refractivity (Wildman–Crippen MR) is 136 cm³/mol. The molecule has 2 aromatic heterocycles. The third-order valence-corrected chi connectivity index (χ3v) is 8.05. The molecular weight excluding hydrogens is 534 g/mol. The molecule has 0 spiro atoms. The first-order chi connectivity index (χ1) is 18.5. The summed E-state index contributed by atoms with van der Waals surface area (Å²) in [6.07, 6.45) is 2.10. The summed E-state index contributed by atoms with van der Waals surface area (Å²) >= 11 is 0. The van der Waals surface area contributed by atoms with Gasteiger partial charge in [0.15, 0.2) is 28.2 Å². The summed E-state index contributed by atoms with van der Waals surface area (Å²) in [7, 11) is -3.99. The van der Waals surface area contributed by atoms with Crippen molar-refractivity contribution in [2.45, 2.75) is 50.2 Å². The Morgan fingerprint density at radius 1 is 1.18 bits per heavy atom. The molecule has 1 aliphatic rings. The topological polar surface area (TPSA) is 139 Å². The highest BCUT2D eigenvalue weighted by Crippen LogP contribution is 2.23. The number of sulfonamides is 1. The molecule has 3 aromatic rings. The molecule has 1 saturated heterocycles. The molecule has 3 heterocycles. The maximum atomic E-state index is 13.5. The van der Waals surface area contributed by atoms with Crippen LogP contribution in [0, 0.1) is 17.6 Å². The molecule has 2 N–H and O–H groups in total. The number of carbonyl (C=O) groups excluding carboxylic acids is 3. The molecule has 2 amide bonds. The van der Waals surface area contributed by atoms with Gasteiger partial charge in [-0.25, -0.2) is 22.2 Å². The molecule has 0 aliphatic carbocycles. The number of furan rings is 1. The Labute approximate surface area is 223 Å². The lowest BCUT2D eigenvalue weighted by Gasteiger charge is -2.23. The first-order valence-electron chi connectivity index (χ1n) is 12.4. The van der Waals surface area contributed by atoms with Crippen LogP contribution in [0.1, 0.15) is 43.7 Å². The molecule has 2 unspecified atom stereocenters. The van der Waals surface area contributed by atoms with Gasteiger partial charge in [0, 0.05) is 24.2 Å². The zero-order valence-corrected chi connectivity index (χ0v) is 22.1. The molecule has 13 heteroatoms. The summed E-state index contributed by atoms with van der Waals surface area (Å²) in [6.45, 7) is 3.33. The maximum absolute atomic E-state index is 13.5. The van der Waals surface area contributed by atoms with E-state index in [1.54, 1.807) is 6.07 Å². The molecule has 1 fully saturated rings. The number of nitrogens with zero attached hydrogens (tertiary/aromatic N) is 2. The fraction of sp³-hybridized carbons (Fsp3) is 0.385. The minimum atomic E-state index is -3.99. The smallest absolute Gasteiger partial charge is 0.287 e. The van der Waals surface area contributed by atoms with Gasteiger partial charge in [-0.15, -0.1) is 0 Å². The second kappa shape index (κ2) is 11.6. The second-order valence-electron chi connectivity index (χ2n) is 9.75. The number of nitrogens with one attached hydrogen (secondary N) is 2. The summed E-state index contributed by atoms with van der Waals surface area (Å²) in [4.78, 5) is 42.9. The first-order valence-corrected chi connectivity index (χ1v) is 13.8. The van der Waals surface area contributed by atoms with Crippen molar-refractivity contribution in [2.75, 3.05) is 13.1 Å². The van der Waals surface area contributed by atoms with E-state index in [0.29, 0.717) is 6.42 Å². The summed E-state index contributed by atoms with van der Waals surface area (Å²) in [5, 5.41) is 5.23. The highest BCUT2D eigenvalue weighted by molar-refractivity contribution is 7.89. The molecule has 10 nitrogen and oxygen atoms in total. The monoisotopic (exact) mass is 562 g/mol. The zero-order valence-electron chi connectivity index (χ0n) is 21.3. The van der Waals surface area contributed by atoms with Gasteiger partial charge >= 0.3 is 0 Å². The Bertz CT molecular complexity index is 1450. The van der Waals surface area contributed by atoms with E-state index in [0.717, 1.165) is 16.4 Å². The van der Waals surface area contributed by atoms with E-state index >= 15 is 0 Å². The number of ketones is 1. The lowest BCUT2D eigenvalue weighted by atomic mass is 10.0. The van der Waals surface area contributed by atoms with Gasteiger partial charge in [-0.3, -0.25) is 14.4 Å². The lowest BCUT2D eigenvalue weighted by Crippen LogP contribution is -2.52. The number of aromatic nitrogens is 1. The average Bonchev–Trinajstić information content (AvgIpc) is 3.20. The van der Waals surface area contributed by atoms with Crippen LogP contribution in [0.5, 0.6) is 0 Å². The number of halogens is 2. The second-order valence-corrected chi connectivity index (χ2v) is 11.6. The highest BCUT2D eigenvalue weighted by Gasteiger charge is 2.35. The Morgan fingerprint density at radius 2 is 1.92 bits per heavy atom. The van der Waals surface area contributed by atoms with Gasteiger partial charge in [0.1, 0.15) is 11.6 Å². The van der Waals surface area contributed by atoms with Crippen molar-refractivity contribution < 1.29 is 36.0 Å². The van der Waals surface area contributed by atoms with Gasteiger partial charge in [-0.2, -0.15) is 4.31 Å². The zero-order chi connectivity index (χ0) is 28.3. The largest absolute Gasteiger partial charge is 0.451 e. The van der Waals surface area contributed by atoms with Gasteiger partial charge in [0.05, 0.1) is 12.6 Å². The van der Waals surface area contributed by atoms with Gasteiger partial charge in [-0.05, 0) is 49.4 Å². The van der Waals surface area contributed by atoms with E-state index in [4.69, 9.17) is 4.42 Å². The van der Waals surface area contributed by atoms with E-state index in [1.807, 2.05) is 13.8 Å². The third-order valence-electron chi connectivity index (χ3n) is 6.29. The van der Waals surface area contributed by atoms with E-state index in [-0.39, 0.29) is 47.1 Å². The highest BCUT2D eigenvalue weighted by atomic mass is 32.2. The minimum Gasteiger partial charge on any atom is -0.451 e. The number of carbonyl (C=O) groups is 3. The van der Waals surface area contributed by atoms with Crippen LogP contribution < -0.4 is 10.6 Å². The molecule has 39 heavy (non-hydrogen) atoms. The van der Waals surface area contributed by atoms with Crippen molar-refractivity contribution in [1.29, 1.82) is 0 Å². The van der Waals surface area contributed by atoms with Crippen LogP contribution in [0.15, 0.2) is 52.0 Å². The molecule has 208 valence electrons. The Balaban J connectivity index is 1.45. The fourth-order valence-electron chi connectivity index (χ4n) is 4.34. The number of benzene rings is 1. The first kappa shape index (κ1) is 28.3. The Hall–Kier alpha value is -3.71.